The largest absolute Gasteiger partial charge is 0.696 e. The van der Waals surface area contributed by atoms with E-state index >= 15 is 0 Å². The number of benzene rings is 1. The molecule has 0 aromatic heterocycles. The molecule has 0 radical (unpaired) electrons. The van der Waals surface area contributed by atoms with Crippen molar-refractivity contribution < 1.29 is 4.86 Å². The van der Waals surface area contributed by atoms with Gasteiger partial charge in [0.2, 0.25) is 0 Å². The van der Waals surface area contributed by atoms with Crippen LogP contribution in [0.15, 0.2) is 29.5 Å². The van der Waals surface area contributed by atoms with Gasteiger partial charge in [-0.25, -0.2) is 0 Å². The van der Waals surface area contributed by atoms with Gasteiger partial charge in [-0.15, -0.1) is 5.43 Å². The summed E-state index contributed by atoms with van der Waals surface area (Å²) in [7, 11) is 1.29. The second kappa shape index (κ2) is 3.92. The van der Waals surface area contributed by atoms with Gasteiger partial charge in [0.15, 0.2) is 0 Å². The predicted molar refractivity (Wildman–Crippen MR) is 47.1 cm³/mol. The molecule has 5 heteroatoms. The van der Waals surface area contributed by atoms with Crippen LogP contribution < -0.4 is 5.43 Å². The Hall–Kier alpha value is -1.29. The minimum absolute atomic E-state index is 0.431. The third kappa shape index (κ3) is 2.75. The van der Waals surface area contributed by atoms with Gasteiger partial charge >= 0.3 is 0 Å². The summed E-state index contributed by atoms with van der Waals surface area (Å²) in [4.78, 5) is 0.431. The maximum absolute atomic E-state index is 10.4. The van der Waals surface area contributed by atoms with Gasteiger partial charge in [-0.05, 0) is 12.1 Å². The van der Waals surface area contributed by atoms with Gasteiger partial charge in [0, 0.05) is 11.1 Å². The fourth-order valence-corrected chi connectivity index (χ4v) is 0.876. The molecule has 0 heterocycles. The standard InChI is InChI=1S/C7H8ClN3O/c1-11(12)10-9-7-4-2-3-6(8)5-7/h2-5,9H,1H3/b11-10+. The highest BCUT2D eigenvalue weighted by Gasteiger charge is 1.95. The molecule has 1 aromatic carbocycles. The normalized spacial score (nSPS) is 11.3. The molecule has 64 valence electrons. The van der Waals surface area contributed by atoms with Crippen LogP contribution >= 0.6 is 11.6 Å². The number of nitrogens with one attached hydrogen (secondary N) is 1. The first-order valence-electron chi connectivity index (χ1n) is 3.31. The van der Waals surface area contributed by atoms with Crippen molar-refractivity contribution in [3.05, 3.63) is 34.5 Å². The zero-order valence-electron chi connectivity index (χ0n) is 6.49. The third-order valence-corrected chi connectivity index (χ3v) is 1.38. The Kier molecular flexibility index (Phi) is 2.88. The first kappa shape index (κ1) is 8.80. The molecule has 1 rings (SSSR count). The van der Waals surface area contributed by atoms with E-state index in [2.05, 4.69) is 10.6 Å². The topological polar surface area (TPSA) is 50.5 Å². The van der Waals surface area contributed by atoms with E-state index in [4.69, 9.17) is 11.6 Å². The summed E-state index contributed by atoms with van der Waals surface area (Å²) in [5.74, 6) is 0. The summed E-state index contributed by atoms with van der Waals surface area (Å²) in [5, 5.41) is 14.4. The molecule has 0 aliphatic heterocycles. The quantitative estimate of drug-likeness (QED) is 0.437. The lowest BCUT2D eigenvalue weighted by Gasteiger charge is -1.97. The van der Waals surface area contributed by atoms with E-state index in [0.717, 1.165) is 0 Å². The van der Waals surface area contributed by atoms with E-state index in [-0.39, 0.29) is 0 Å². The molecule has 1 aromatic rings. The molecular formula is C7H8ClN3O. The summed E-state index contributed by atoms with van der Waals surface area (Å²) in [5.41, 5.74) is 3.22. The van der Waals surface area contributed by atoms with Crippen LogP contribution in [-0.4, -0.2) is 11.9 Å². The molecular weight excluding hydrogens is 178 g/mol. The number of hydroxylamine groups is 1. The van der Waals surface area contributed by atoms with Gasteiger partial charge < -0.3 is 5.21 Å². The number of anilines is 1. The van der Waals surface area contributed by atoms with Crippen molar-refractivity contribution in [3.8, 4) is 0 Å². The number of halogens is 1. The predicted octanol–water partition coefficient (Wildman–Crippen LogP) is 2.26. The lowest BCUT2D eigenvalue weighted by Crippen LogP contribution is -1.96. The average Bonchev–Trinajstić information content (AvgIpc) is 2.01. The molecule has 4 nitrogen and oxygen atoms in total. The molecule has 0 unspecified atom stereocenters. The van der Waals surface area contributed by atoms with E-state index in [1.54, 1.807) is 24.3 Å². The molecule has 0 aliphatic carbocycles. The van der Waals surface area contributed by atoms with E-state index in [0.29, 0.717) is 15.6 Å². The van der Waals surface area contributed by atoms with Gasteiger partial charge in [-0.3, -0.25) is 0 Å². The Morgan fingerprint density at radius 2 is 2.33 bits per heavy atom. The van der Waals surface area contributed by atoms with Crippen molar-refractivity contribution in [2.45, 2.75) is 0 Å². The van der Waals surface area contributed by atoms with Crippen LogP contribution in [0.1, 0.15) is 0 Å². The molecule has 0 atom stereocenters. The number of hydrogen-bond donors (Lipinski definition) is 1. The number of hydrogen-bond acceptors (Lipinski definition) is 2. The third-order valence-electron chi connectivity index (χ3n) is 1.14. The second-order valence-electron chi connectivity index (χ2n) is 2.19. The fourth-order valence-electron chi connectivity index (χ4n) is 0.686. The van der Waals surface area contributed by atoms with E-state index < -0.39 is 0 Å². The fraction of sp³-hybridized carbons (Fsp3) is 0.143. The highest BCUT2D eigenvalue weighted by atomic mass is 35.5. The summed E-state index contributed by atoms with van der Waals surface area (Å²) in [6, 6.07) is 6.95. The molecule has 0 aliphatic rings. The van der Waals surface area contributed by atoms with Crippen LogP contribution in [-0.2, 0) is 0 Å². The summed E-state index contributed by atoms with van der Waals surface area (Å²) >= 11 is 5.69. The van der Waals surface area contributed by atoms with Crippen LogP contribution in [0.5, 0.6) is 0 Å². The first-order valence-corrected chi connectivity index (χ1v) is 3.69. The highest BCUT2D eigenvalue weighted by molar-refractivity contribution is 6.30. The van der Waals surface area contributed by atoms with E-state index in [1.807, 2.05) is 0 Å². The number of nitrogens with zero attached hydrogens (tertiary/aromatic N) is 2. The van der Waals surface area contributed by atoms with E-state index in [1.165, 1.54) is 7.05 Å². The van der Waals surface area contributed by atoms with Crippen molar-refractivity contribution in [1.29, 1.82) is 0 Å². The molecule has 0 saturated carbocycles. The molecule has 0 bridgehead atoms. The van der Waals surface area contributed by atoms with Crippen LogP contribution in [0.4, 0.5) is 5.69 Å². The van der Waals surface area contributed by atoms with Crippen molar-refractivity contribution in [1.82, 2.24) is 0 Å². The Balaban J connectivity index is 2.70. The number of rotatable bonds is 2. The molecule has 12 heavy (non-hydrogen) atoms. The highest BCUT2D eigenvalue weighted by Crippen LogP contribution is 2.14. The maximum Gasteiger partial charge on any atom is 0.148 e. The van der Waals surface area contributed by atoms with Crippen molar-refractivity contribution in [2.24, 2.45) is 5.22 Å². The average molecular weight is 186 g/mol. The van der Waals surface area contributed by atoms with Gasteiger partial charge in [0.05, 0.1) is 5.22 Å². The summed E-state index contributed by atoms with van der Waals surface area (Å²) < 4.78 is 0. The maximum atomic E-state index is 10.4. The minimum atomic E-state index is 0.431. The molecule has 1 N–H and O–H groups in total. The zero-order valence-corrected chi connectivity index (χ0v) is 7.25. The second-order valence-corrected chi connectivity index (χ2v) is 2.62. The monoisotopic (exact) mass is 185 g/mol. The van der Waals surface area contributed by atoms with Gasteiger partial charge in [0.1, 0.15) is 12.7 Å². The smallest absolute Gasteiger partial charge is 0.148 e. The Morgan fingerprint density at radius 1 is 1.58 bits per heavy atom. The van der Waals surface area contributed by atoms with E-state index in [9.17, 15) is 5.21 Å². The Labute approximate surface area is 75.0 Å². The summed E-state index contributed by atoms with van der Waals surface area (Å²) in [6.45, 7) is 0. The van der Waals surface area contributed by atoms with Gasteiger partial charge in [0.25, 0.3) is 0 Å². The first-order chi connectivity index (χ1) is 5.68. The van der Waals surface area contributed by atoms with Crippen LogP contribution in [0, 0.1) is 5.21 Å². The Bertz CT molecular complexity index is 296. The van der Waals surface area contributed by atoms with Gasteiger partial charge in [-0.1, -0.05) is 17.7 Å². The zero-order chi connectivity index (χ0) is 8.97. The Morgan fingerprint density at radius 3 is 2.92 bits per heavy atom. The lowest BCUT2D eigenvalue weighted by atomic mass is 10.3. The van der Waals surface area contributed by atoms with Crippen molar-refractivity contribution in [2.75, 3.05) is 12.5 Å². The SMILES string of the molecule is C/[N+]([O-])=N\Nc1cccc(Cl)c1. The summed E-state index contributed by atoms with van der Waals surface area (Å²) in [6.07, 6.45) is 0. The molecule has 0 amide bonds. The van der Waals surface area contributed by atoms with Crippen LogP contribution in [0.2, 0.25) is 5.02 Å². The lowest BCUT2D eigenvalue weighted by molar-refractivity contribution is -0.497. The molecule has 0 spiro atoms. The van der Waals surface area contributed by atoms with Crippen LogP contribution in [0.25, 0.3) is 0 Å². The molecule has 0 saturated heterocycles. The molecule has 0 fully saturated rings. The van der Waals surface area contributed by atoms with Gasteiger partial charge in [-0.2, -0.15) is 4.86 Å². The van der Waals surface area contributed by atoms with Crippen molar-refractivity contribution >= 4 is 17.3 Å². The minimum Gasteiger partial charge on any atom is -0.696 e. The van der Waals surface area contributed by atoms with Crippen molar-refractivity contribution in [3.63, 3.8) is 0 Å². The van der Waals surface area contributed by atoms with Crippen LogP contribution in [0.3, 0.4) is 0 Å².